The molecular formula is C18H17ClN2OS. The van der Waals surface area contributed by atoms with Crippen molar-refractivity contribution < 1.29 is 0 Å². The third-order valence-electron chi connectivity index (χ3n) is 4.52. The first kappa shape index (κ1) is 14.9. The molecule has 0 saturated carbocycles. The molecule has 0 N–H and O–H groups in total. The number of hydrogen-bond acceptors (Lipinski definition) is 3. The Kier molecular flexibility index (Phi) is 3.95. The highest BCUT2D eigenvalue weighted by molar-refractivity contribution is 7.18. The minimum atomic E-state index is 0.0986. The van der Waals surface area contributed by atoms with Crippen LogP contribution >= 0.6 is 22.9 Å². The lowest BCUT2D eigenvalue weighted by atomic mass is 9.97. The van der Waals surface area contributed by atoms with Gasteiger partial charge in [-0.25, -0.2) is 4.98 Å². The molecule has 0 amide bonds. The van der Waals surface area contributed by atoms with E-state index in [1.165, 1.54) is 23.3 Å². The van der Waals surface area contributed by atoms with Gasteiger partial charge in [-0.15, -0.1) is 11.3 Å². The molecular weight excluding hydrogens is 328 g/mol. The summed E-state index contributed by atoms with van der Waals surface area (Å²) in [6, 6.07) is 7.78. The first-order chi connectivity index (χ1) is 11.2. The molecule has 1 aliphatic rings. The summed E-state index contributed by atoms with van der Waals surface area (Å²) in [6.07, 6.45) is 6.92. The molecule has 0 bridgehead atoms. The predicted octanol–water partition coefficient (Wildman–Crippen LogP) is 4.23. The lowest BCUT2D eigenvalue weighted by Crippen LogP contribution is -2.22. The highest BCUT2D eigenvalue weighted by Gasteiger charge is 2.19. The fraction of sp³-hybridized carbons (Fsp3) is 0.333. The molecule has 0 atom stereocenters. The summed E-state index contributed by atoms with van der Waals surface area (Å²) in [6.45, 7) is 0.607. The molecule has 118 valence electrons. The van der Waals surface area contributed by atoms with Crippen LogP contribution in [0.25, 0.3) is 10.2 Å². The molecule has 0 unspecified atom stereocenters. The SMILES string of the molecule is O=c1c2c3c(sc2ncn1CCc1ccccc1Cl)CCCC3. The zero-order valence-electron chi connectivity index (χ0n) is 12.7. The summed E-state index contributed by atoms with van der Waals surface area (Å²) in [7, 11) is 0. The molecule has 0 radical (unpaired) electrons. The Morgan fingerprint density at radius 3 is 2.91 bits per heavy atom. The van der Waals surface area contributed by atoms with Gasteiger partial charge in [0.05, 0.1) is 11.7 Å². The number of hydrogen-bond donors (Lipinski definition) is 0. The minimum Gasteiger partial charge on any atom is -0.298 e. The molecule has 3 aromatic rings. The standard InChI is InChI=1S/C18H17ClN2OS/c19-14-7-3-1-5-12(14)9-10-21-11-20-17-16(18(21)22)13-6-2-4-8-15(13)23-17/h1,3,5,7,11H,2,4,6,8-10H2. The largest absolute Gasteiger partial charge is 0.298 e. The highest BCUT2D eigenvalue weighted by atomic mass is 35.5. The normalized spacial score (nSPS) is 14.1. The molecule has 3 nitrogen and oxygen atoms in total. The summed E-state index contributed by atoms with van der Waals surface area (Å²) >= 11 is 7.90. The molecule has 0 aliphatic heterocycles. The average Bonchev–Trinajstić information content (AvgIpc) is 2.95. The monoisotopic (exact) mass is 344 g/mol. The van der Waals surface area contributed by atoms with Crippen LogP contribution in [0.2, 0.25) is 5.02 Å². The first-order valence-electron chi connectivity index (χ1n) is 7.97. The van der Waals surface area contributed by atoms with Gasteiger partial charge in [-0.05, 0) is 49.3 Å². The number of fused-ring (bicyclic) bond motifs is 3. The minimum absolute atomic E-state index is 0.0986. The third kappa shape index (κ3) is 2.70. The van der Waals surface area contributed by atoms with Gasteiger partial charge in [-0.2, -0.15) is 0 Å². The molecule has 4 rings (SSSR count). The summed E-state index contributed by atoms with van der Waals surface area (Å²) in [5.74, 6) is 0. The van der Waals surface area contributed by atoms with Crippen molar-refractivity contribution in [3.63, 3.8) is 0 Å². The maximum absolute atomic E-state index is 12.9. The van der Waals surface area contributed by atoms with Crippen LogP contribution in [0.15, 0.2) is 35.4 Å². The molecule has 1 aromatic carbocycles. The van der Waals surface area contributed by atoms with E-state index in [-0.39, 0.29) is 5.56 Å². The maximum Gasteiger partial charge on any atom is 0.262 e. The Morgan fingerprint density at radius 2 is 2.04 bits per heavy atom. The predicted molar refractivity (Wildman–Crippen MR) is 95.7 cm³/mol. The van der Waals surface area contributed by atoms with Crippen molar-refractivity contribution in [3.05, 3.63) is 62.0 Å². The van der Waals surface area contributed by atoms with Gasteiger partial charge >= 0.3 is 0 Å². The van der Waals surface area contributed by atoms with Crippen molar-refractivity contribution in [1.29, 1.82) is 0 Å². The number of nitrogens with zero attached hydrogens (tertiary/aromatic N) is 2. The number of aryl methyl sites for hydroxylation is 4. The van der Waals surface area contributed by atoms with Crippen LogP contribution in [-0.4, -0.2) is 9.55 Å². The van der Waals surface area contributed by atoms with Crippen molar-refractivity contribution >= 4 is 33.2 Å². The van der Waals surface area contributed by atoms with E-state index in [2.05, 4.69) is 4.98 Å². The second-order valence-electron chi connectivity index (χ2n) is 5.98. The quantitative estimate of drug-likeness (QED) is 0.712. The van der Waals surface area contributed by atoms with E-state index in [4.69, 9.17) is 11.6 Å². The van der Waals surface area contributed by atoms with E-state index in [0.717, 1.165) is 40.1 Å². The van der Waals surface area contributed by atoms with E-state index in [0.29, 0.717) is 6.54 Å². The zero-order chi connectivity index (χ0) is 15.8. The fourth-order valence-corrected chi connectivity index (χ4v) is 4.73. The Labute approximate surface area is 143 Å². The van der Waals surface area contributed by atoms with Crippen LogP contribution in [0.1, 0.15) is 28.8 Å². The molecule has 2 heterocycles. The Hall–Kier alpha value is -1.65. The van der Waals surface area contributed by atoms with E-state index < -0.39 is 0 Å². The lowest BCUT2D eigenvalue weighted by Gasteiger charge is -2.10. The van der Waals surface area contributed by atoms with E-state index in [9.17, 15) is 4.79 Å². The van der Waals surface area contributed by atoms with Crippen LogP contribution < -0.4 is 5.56 Å². The number of rotatable bonds is 3. The van der Waals surface area contributed by atoms with Gasteiger partial charge in [0.15, 0.2) is 0 Å². The Morgan fingerprint density at radius 1 is 1.22 bits per heavy atom. The molecule has 0 fully saturated rings. The smallest absolute Gasteiger partial charge is 0.262 e. The number of thiophene rings is 1. The molecule has 0 spiro atoms. The van der Waals surface area contributed by atoms with Crippen molar-refractivity contribution in [2.24, 2.45) is 0 Å². The summed E-state index contributed by atoms with van der Waals surface area (Å²) in [5.41, 5.74) is 2.41. The van der Waals surface area contributed by atoms with Gasteiger partial charge < -0.3 is 0 Å². The van der Waals surface area contributed by atoms with Crippen molar-refractivity contribution in [1.82, 2.24) is 9.55 Å². The Bertz CT molecular complexity index is 928. The number of aromatic nitrogens is 2. The van der Waals surface area contributed by atoms with Crippen molar-refractivity contribution in [3.8, 4) is 0 Å². The van der Waals surface area contributed by atoms with Gasteiger partial charge in [-0.3, -0.25) is 9.36 Å². The molecule has 0 saturated heterocycles. The van der Waals surface area contributed by atoms with Crippen LogP contribution in [0.5, 0.6) is 0 Å². The molecule has 1 aliphatic carbocycles. The topological polar surface area (TPSA) is 34.9 Å². The van der Waals surface area contributed by atoms with Crippen molar-refractivity contribution in [2.75, 3.05) is 0 Å². The van der Waals surface area contributed by atoms with E-state index in [1.807, 2.05) is 24.3 Å². The van der Waals surface area contributed by atoms with Crippen LogP contribution in [0, 0.1) is 0 Å². The van der Waals surface area contributed by atoms with Crippen LogP contribution in [0.3, 0.4) is 0 Å². The lowest BCUT2D eigenvalue weighted by molar-refractivity contribution is 0.660. The number of benzene rings is 1. The number of halogens is 1. The second kappa shape index (κ2) is 6.10. The molecule has 2 aromatic heterocycles. The summed E-state index contributed by atoms with van der Waals surface area (Å²) < 4.78 is 1.73. The summed E-state index contributed by atoms with van der Waals surface area (Å²) in [4.78, 5) is 19.7. The maximum atomic E-state index is 12.9. The van der Waals surface area contributed by atoms with Crippen LogP contribution in [0.4, 0.5) is 0 Å². The van der Waals surface area contributed by atoms with Gasteiger partial charge in [0.2, 0.25) is 0 Å². The first-order valence-corrected chi connectivity index (χ1v) is 9.16. The van der Waals surface area contributed by atoms with Crippen LogP contribution in [-0.2, 0) is 25.8 Å². The van der Waals surface area contributed by atoms with Crippen molar-refractivity contribution in [2.45, 2.75) is 38.6 Å². The van der Waals surface area contributed by atoms with Gasteiger partial charge in [0, 0.05) is 16.4 Å². The van der Waals surface area contributed by atoms with Gasteiger partial charge in [0.1, 0.15) is 4.83 Å². The van der Waals surface area contributed by atoms with E-state index in [1.54, 1.807) is 22.2 Å². The zero-order valence-corrected chi connectivity index (χ0v) is 14.3. The highest BCUT2D eigenvalue weighted by Crippen LogP contribution is 2.33. The van der Waals surface area contributed by atoms with E-state index >= 15 is 0 Å². The summed E-state index contributed by atoms with van der Waals surface area (Å²) in [5, 5.41) is 1.61. The molecule has 5 heteroatoms. The second-order valence-corrected chi connectivity index (χ2v) is 7.47. The van der Waals surface area contributed by atoms with Gasteiger partial charge in [-0.1, -0.05) is 29.8 Å². The average molecular weight is 345 g/mol. The van der Waals surface area contributed by atoms with Gasteiger partial charge in [0.25, 0.3) is 5.56 Å². The fourth-order valence-electron chi connectivity index (χ4n) is 3.28. The third-order valence-corrected chi connectivity index (χ3v) is 6.09. The Balaban J connectivity index is 1.70. The molecule has 23 heavy (non-hydrogen) atoms.